The Balaban J connectivity index is 2.31. The first kappa shape index (κ1) is 8.49. The summed E-state index contributed by atoms with van der Waals surface area (Å²) < 4.78 is 8.49. The third-order valence-corrected chi connectivity index (χ3v) is 2.77. The molecule has 0 unspecified atom stereocenters. The topological polar surface area (TPSA) is 38.7 Å². The maximum atomic E-state index is 4.32. The molecule has 15 heavy (non-hydrogen) atoms. The van der Waals surface area contributed by atoms with Crippen LogP contribution in [0.25, 0.3) is 22.3 Å². The van der Waals surface area contributed by atoms with Crippen molar-refractivity contribution < 1.29 is 0 Å². The van der Waals surface area contributed by atoms with E-state index in [1.165, 1.54) is 11.7 Å². The van der Waals surface area contributed by atoms with Gasteiger partial charge in [-0.2, -0.15) is 8.75 Å². The highest BCUT2D eigenvalue weighted by molar-refractivity contribution is 7.00. The Morgan fingerprint density at radius 3 is 2.80 bits per heavy atom. The summed E-state index contributed by atoms with van der Waals surface area (Å²) in [6.45, 7) is 0. The van der Waals surface area contributed by atoms with Crippen molar-refractivity contribution in [2.75, 3.05) is 0 Å². The van der Waals surface area contributed by atoms with Gasteiger partial charge in [0.1, 0.15) is 11.0 Å². The number of benzene rings is 1. The molecule has 0 saturated carbocycles. The number of nitrogens with zero attached hydrogens (tertiary/aromatic N) is 3. The highest BCUT2D eigenvalue weighted by Gasteiger charge is 2.06. The van der Waals surface area contributed by atoms with Crippen molar-refractivity contribution in [3.63, 3.8) is 0 Å². The van der Waals surface area contributed by atoms with Gasteiger partial charge in [0.2, 0.25) is 0 Å². The molecule has 0 radical (unpaired) electrons. The van der Waals surface area contributed by atoms with Gasteiger partial charge in [-0.3, -0.25) is 4.98 Å². The van der Waals surface area contributed by atoms with Crippen LogP contribution in [0.3, 0.4) is 0 Å². The largest absolute Gasteiger partial charge is 0.256 e. The van der Waals surface area contributed by atoms with E-state index in [4.69, 9.17) is 0 Å². The first-order valence-corrected chi connectivity index (χ1v) is 5.31. The van der Waals surface area contributed by atoms with Gasteiger partial charge in [0.05, 0.1) is 17.4 Å². The van der Waals surface area contributed by atoms with Crippen molar-refractivity contribution in [3.8, 4) is 11.3 Å². The summed E-state index contributed by atoms with van der Waals surface area (Å²) in [5.41, 5.74) is 3.85. The number of hydrogen-bond acceptors (Lipinski definition) is 4. The smallest absolute Gasteiger partial charge is 0.114 e. The fourth-order valence-corrected chi connectivity index (χ4v) is 2.08. The van der Waals surface area contributed by atoms with E-state index in [0.717, 1.165) is 22.3 Å². The SMILES string of the molecule is c1ccc(-c2cccc3nsnc23)nc1. The lowest BCUT2D eigenvalue weighted by atomic mass is 10.1. The minimum Gasteiger partial charge on any atom is -0.256 e. The number of fused-ring (bicyclic) bond motifs is 1. The summed E-state index contributed by atoms with van der Waals surface area (Å²) >= 11 is 1.23. The number of pyridine rings is 1. The van der Waals surface area contributed by atoms with Gasteiger partial charge in [0, 0.05) is 11.8 Å². The lowest BCUT2D eigenvalue weighted by molar-refractivity contribution is 1.33. The highest BCUT2D eigenvalue weighted by atomic mass is 32.1. The third kappa shape index (κ3) is 1.39. The van der Waals surface area contributed by atoms with Gasteiger partial charge in [-0.15, -0.1) is 0 Å². The molecule has 0 bridgehead atoms. The minimum atomic E-state index is 0.932. The Morgan fingerprint density at radius 2 is 1.93 bits per heavy atom. The molecule has 0 amide bonds. The third-order valence-electron chi connectivity index (χ3n) is 2.23. The van der Waals surface area contributed by atoms with Gasteiger partial charge in [-0.25, -0.2) is 0 Å². The van der Waals surface area contributed by atoms with Gasteiger partial charge in [-0.05, 0) is 18.2 Å². The van der Waals surface area contributed by atoms with E-state index in [-0.39, 0.29) is 0 Å². The quantitative estimate of drug-likeness (QED) is 0.624. The van der Waals surface area contributed by atoms with E-state index in [0.29, 0.717) is 0 Å². The Hall–Kier alpha value is -1.81. The monoisotopic (exact) mass is 213 g/mol. The van der Waals surface area contributed by atoms with Crippen LogP contribution in [0.4, 0.5) is 0 Å². The summed E-state index contributed by atoms with van der Waals surface area (Å²) in [5.74, 6) is 0. The fourth-order valence-electron chi connectivity index (χ4n) is 1.53. The van der Waals surface area contributed by atoms with Gasteiger partial charge >= 0.3 is 0 Å². The molecule has 3 rings (SSSR count). The van der Waals surface area contributed by atoms with Gasteiger partial charge in [-0.1, -0.05) is 18.2 Å². The highest BCUT2D eigenvalue weighted by Crippen LogP contribution is 2.25. The van der Waals surface area contributed by atoms with Gasteiger partial charge in [0.25, 0.3) is 0 Å². The molecule has 0 aliphatic carbocycles. The van der Waals surface area contributed by atoms with Crippen molar-refractivity contribution in [2.45, 2.75) is 0 Å². The predicted molar refractivity (Wildman–Crippen MR) is 60.6 cm³/mol. The summed E-state index contributed by atoms with van der Waals surface area (Å²) in [6, 6.07) is 11.8. The summed E-state index contributed by atoms with van der Waals surface area (Å²) in [5, 5.41) is 0. The van der Waals surface area contributed by atoms with E-state index in [1.54, 1.807) is 6.20 Å². The Bertz CT molecular complexity index is 589. The second-order valence-electron chi connectivity index (χ2n) is 3.15. The van der Waals surface area contributed by atoms with Crippen molar-refractivity contribution in [1.82, 2.24) is 13.7 Å². The van der Waals surface area contributed by atoms with Crippen molar-refractivity contribution in [1.29, 1.82) is 0 Å². The molecular formula is C11H7N3S. The molecule has 0 fully saturated rings. The second kappa shape index (κ2) is 3.40. The molecular weight excluding hydrogens is 206 g/mol. The number of hydrogen-bond donors (Lipinski definition) is 0. The maximum absolute atomic E-state index is 4.32. The predicted octanol–water partition coefficient (Wildman–Crippen LogP) is 2.75. The van der Waals surface area contributed by atoms with Crippen LogP contribution in [-0.4, -0.2) is 13.7 Å². The van der Waals surface area contributed by atoms with E-state index in [2.05, 4.69) is 13.7 Å². The zero-order valence-corrected chi connectivity index (χ0v) is 8.61. The molecule has 3 nitrogen and oxygen atoms in total. The fraction of sp³-hybridized carbons (Fsp3) is 0. The molecule has 0 N–H and O–H groups in total. The molecule has 2 aromatic heterocycles. The Labute approximate surface area is 90.8 Å². The second-order valence-corrected chi connectivity index (χ2v) is 3.68. The van der Waals surface area contributed by atoms with Crippen LogP contribution in [0, 0.1) is 0 Å². The maximum Gasteiger partial charge on any atom is 0.114 e. The molecule has 0 saturated heterocycles. The molecule has 0 atom stereocenters. The minimum absolute atomic E-state index is 0.932. The van der Waals surface area contributed by atoms with E-state index >= 15 is 0 Å². The number of rotatable bonds is 1. The average Bonchev–Trinajstić information content (AvgIpc) is 2.78. The summed E-state index contributed by atoms with van der Waals surface area (Å²) in [7, 11) is 0. The van der Waals surface area contributed by atoms with Crippen LogP contribution in [0.5, 0.6) is 0 Å². The van der Waals surface area contributed by atoms with Crippen LogP contribution in [0.2, 0.25) is 0 Å². The molecule has 4 heteroatoms. The van der Waals surface area contributed by atoms with Gasteiger partial charge in [0.15, 0.2) is 0 Å². The molecule has 0 aliphatic heterocycles. The first-order chi connectivity index (χ1) is 7.45. The molecule has 72 valence electrons. The Kier molecular flexibility index (Phi) is 1.93. The summed E-state index contributed by atoms with van der Waals surface area (Å²) in [6.07, 6.45) is 1.79. The normalized spacial score (nSPS) is 10.7. The molecule has 2 heterocycles. The van der Waals surface area contributed by atoms with E-state index < -0.39 is 0 Å². The lowest BCUT2D eigenvalue weighted by Crippen LogP contribution is -1.83. The molecule has 0 spiro atoms. The number of aromatic nitrogens is 3. The standard InChI is InChI=1S/C11H7N3S/c1-2-7-12-9(5-1)8-4-3-6-10-11(8)14-15-13-10/h1-7H. The van der Waals surface area contributed by atoms with Crippen LogP contribution in [-0.2, 0) is 0 Å². The van der Waals surface area contributed by atoms with Crippen molar-refractivity contribution in [2.24, 2.45) is 0 Å². The molecule has 0 aliphatic rings. The van der Waals surface area contributed by atoms with Crippen LogP contribution in [0.1, 0.15) is 0 Å². The van der Waals surface area contributed by atoms with E-state index in [1.807, 2.05) is 36.4 Å². The van der Waals surface area contributed by atoms with Gasteiger partial charge < -0.3 is 0 Å². The van der Waals surface area contributed by atoms with Crippen LogP contribution in [0.15, 0.2) is 42.6 Å². The lowest BCUT2D eigenvalue weighted by Gasteiger charge is -1.99. The van der Waals surface area contributed by atoms with E-state index in [9.17, 15) is 0 Å². The van der Waals surface area contributed by atoms with Crippen LogP contribution < -0.4 is 0 Å². The van der Waals surface area contributed by atoms with Crippen molar-refractivity contribution in [3.05, 3.63) is 42.6 Å². The zero-order valence-electron chi connectivity index (χ0n) is 7.79. The zero-order chi connectivity index (χ0) is 10.1. The first-order valence-electron chi connectivity index (χ1n) is 4.58. The van der Waals surface area contributed by atoms with Crippen LogP contribution >= 0.6 is 11.7 Å². The van der Waals surface area contributed by atoms with Crippen molar-refractivity contribution >= 4 is 22.8 Å². The molecule has 1 aromatic carbocycles. The Morgan fingerprint density at radius 1 is 0.933 bits per heavy atom. The summed E-state index contributed by atoms with van der Waals surface area (Å²) in [4.78, 5) is 4.32. The molecule has 3 aromatic rings. The average molecular weight is 213 g/mol.